The minimum atomic E-state index is -0.134. The number of benzene rings is 1. The molecule has 0 fully saturated rings. The summed E-state index contributed by atoms with van der Waals surface area (Å²) in [5, 5.41) is 7.93. The highest BCUT2D eigenvalue weighted by atomic mass is 16.2. The standard InChI is InChI=1S/C22H24N6O/c1-2-3-14-27-22(29)28-19(18-9-5-4-6-10-18)16-25-20(21(28)26-27)24-13-11-17-8-7-12-23-15-17/h4-10,12,15-16H,2-3,11,13-14H2,1H3,(H,24,25). The predicted molar refractivity (Wildman–Crippen MR) is 114 cm³/mol. The van der Waals surface area contributed by atoms with Crippen molar-refractivity contribution < 1.29 is 0 Å². The largest absolute Gasteiger partial charge is 0.367 e. The molecule has 0 aliphatic carbocycles. The number of unbranched alkanes of at least 4 members (excludes halogenated alkanes) is 1. The first-order valence-corrected chi connectivity index (χ1v) is 9.94. The van der Waals surface area contributed by atoms with Crippen LogP contribution in [0.25, 0.3) is 16.9 Å². The van der Waals surface area contributed by atoms with Gasteiger partial charge in [0.1, 0.15) is 0 Å². The average Bonchev–Trinajstić information content (AvgIpc) is 3.10. The van der Waals surface area contributed by atoms with E-state index in [1.54, 1.807) is 21.5 Å². The second kappa shape index (κ2) is 8.68. The van der Waals surface area contributed by atoms with Crippen LogP contribution in [0.3, 0.4) is 0 Å². The fourth-order valence-corrected chi connectivity index (χ4v) is 3.28. The SMILES string of the molecule is CCCCn1nc2c(NCCc3cccnc3)ncc(-c3ccccc3)n2c1=O. The van der Waals surface area contributed by atoms with E-state index in [1.165, 1.54) is 0 Å². The molecule has 0 amide bonds. The van der Waals surface area contributed by atoms with Crippen LogP contribution >= 0.6 is 0 Å². The Morgan fingerprint density at radius 1 is 1.07 bits per heavy atom. The molecule has 29 heavy (non-hydrogen) atoms. The molecule has 7 nitrogen and oxygen atoms in total. The maximum atomic E-state index is 13.1. The Morgan fingerprint density at radius 2 is 1.93 bits per heavy atom. The van der Waals surface area contributed by atoms with E-state index in [1.807, 2.05) is 48.7 Å². The fraction of sp³-hybridized carbons (Fsp3) is 0.273. The van der Waals surface area contributed by atoms with Gasteiger partial charge in [0.2, 0.25) is 5.65 Å². The van der Waals surface area contributed by atoms with Crippen LogP contribution in [0.1, 0.15) is 25.3 Å². The molecule has 0 saturated carbocycles. The first-order chi connectivity index (χ1) is 14.3. The van der Waals surface area contributed by atoms with Crippen LogP contribution in [0.5, 0.6) is 0 Å². The van der Waals surface area contributed by atoms with Crippen LogP contribution in [-0.2, 0) is 13.0 Å². The molecule has 0 aliphatic heterocycles. The molecule has 3 aromatic heterocycles. The lowest BCUT2D eigenvalue weighted by atomic mass is 10.1. The fourth-order valence-electron chi connectivity index (χ4n) is 3.28. The quantitative estimate of drug-likeness (QED) is 0.501. The number of aryl methyl sites for hydroxylation is 1. The Balaban J connectivity index is 1.70. The molecular formula is C22H24N6O. The lowest BCUT2D eigenvalue weighted by Crippen LogP contribution is -2.22. The van der Waals surface area contributed by atoms with Gasteiger partial charge in [-0.25, -0.2) is 18.9 Å². The highest BCUT2D eigenvalue weighted by Crippen LogP contribution is 2.21. The maximum absolute atomic E-state index is 13.1. The van der Waals surface area contributed by atoms with Crippen LogP contribution in [0.4, 0.5) is 5.82 Å². The van der Waals surface area contributed by atoms with Crippen LogP contribution in [0.2, 0.25) is 0 Å². The Hall–Kier alpha value is -3.48. The van der Waals surface area contributed by atoms with Gasteiger partial charge < -0.3 is 5.32 Å². The second-order valence-corrected chi connectivity index (χ2v) is 6.91. The molecule has 1 aromatic carbocycles. The molecule has 148 valence electrons. The minimum absolute atomic E-state index is 0.134. The lowest BCUT2D eigenvalue weighted by molar-refractivity contribution is 0.555. The average molecular weight is 388 g/mol. The summed E-state index contributed by atoms with van der Waals surface area (Å²) in [6, 6.07) is 13.8. The van der Waals surface area contributed by atoms with Gasteiger partial charge >= 0.3 is 5.69 Å². The molecule has 0 bridgehead atoms. The molecule has 1 N–H and O–H groups in total. The van der Waals surface area contributed by atoms with Gasteiger partial charge in [0.05, 0.1) is 11.9 Å². The Kier molecular flexibility index (Phi) is 5.65. The number of fused-ring (bicyclic) bond motifs is 1. The first-order valence-electron chi connectivity index (χ1n) is 9.94. The zero-order chi connectivity index (χ0) is 20.1. The van der Waals surface area contributed by atoms with Crippen molar-refractivity contribution in [2.75, 3.05) is 11.9 Å². The molecule has 0 atom stereocenters. The van der Waals surface area contributed by atoms with Crippen LogP contribution < -0.4 is 11.0 Å². The third kappa shape index (κ3) is 4.03. The summed E-state index contributed by atoms with van der Waals surface area (Å²) in [5.74, 6) is 0.612. The van der Waals surface area contributed by atoms with Crippen molar-refractivity contribution in [3.05, 3.63) is 77.1 Å². The number of hydrogen-bond donors (Lipinski definition) is 1. The zero-order valence-electron chi connectivity index (χ0n) is 16.5. The highest BCUT2D eigenvalue weighted by Gasteiger charge is 2.16. The van der Waals surface area contributed by atoms with E-state index in [4.69, 9.17) is 0 Å². The molecule has 4 aromatic rings. The molecular weight excluding hydrogens is 364 g/mol. The van der Waals surface area contributed by atoms with E-state index in [2.05, 4.69) is 27.3 Å². The number of hydrogen-bond acceptors (Lipinski definition) is 5. The van der Waals surface area contributed by atoms with Crippen molar-refractivity contribution in [2.24, 2.45) is 0 Å². The van der Waals surface area contributed by atoms with Crippen molar-refractivity contribution >= 4 is 11.5 Å². The molecule has 0 aliphatic rings. The van der Waals surface area contributed by atoms with E-state index in [-0.39, 0.29) is 5.69 Å². The molecule has 0 radical (unpaired) electrons. The molecule has 7 heteroatoms. The summed E-state index contributed by atoms with van der Waals surface area (Å²) in [6.07, 6.45) is 8.07. The summed E-state index contributed by atoms with van der Waals surface area (Å²) in [7, 11) is 0. The van der Waals surface area contributed by atoms with E-state index in [9.17, 15) is 4.79 Å². The first kappa shape index (κ1) is 18.9. The predicted octanol–water partition coefficient (Wildman–Crippen LogP) is 3.41. The Labute approximate surface area is 169 Å². The smallest absolute Gasteiger partial charge is 0.351 e. The normalized spacial score (nSPS) is 11.1. The zero-order valence-corrected chi connectivity index (χ0v) is 16.5. The molecule has 0 saturated heterocycles. The van der Waals surface area contributed by atoms with Crippen molar-refractivity contribution in [3.63, 3.8) is 0 Å². The van der Waals surface area contributed by atoms with Gasteiger partial charge in [-0.1, -0.05) is 49.7 Å². The third-order valence-corrected chi connectivity index (χ3v) is 4.83. The number of anilines is 1. The second-order valence-electron chi connectivity index (χ2n) is 6.91. The summed E-state index contributed by atoms with van der Waals surface area (Å²) >= 11 is 0. The topological polar surface area (TPSA) is 77.1 Å². The van der Waals surface area contributed by atoms with Crippen LogP contribution in [0.15, 0.2) is 65.8 Å². The van der Waals surface area contributed by atoms with Crippen molar-refractivity contribution in [1.82, 2.24) is 24.1 Å². The van der Waals surface area contributed by atoms with Gasteiger partial charge in [0, 0.05) is 31.0 Å². The van der Waals surface area contributed by atoms with Crippen molar-refractivity contribution in [2.45, 2.75) is 32.7 Å². The Morgan fingerprint density at radius 3 is 2.69 bits per heavy atom. The van der Waals surface area contributed by atoms with E-state index < -0.39 is 0 Å². The molecule has 0 unspecified atom stereocenters. The number of aromatic nitrogens is 5. The highest BCUT2D eigenvalue weighted by molar-refractivity contribution is 5.69. The van der Waals surface area contributed by atoms with Gasteiger partial charge in [-0.2, -0.15) is 0 Å². The Bertz CT molecular complexity index is 1130. The monoisotopic (exact) mass is 388 g/mol. The van der Waals surface area contributed by atoms with Gasteiger partial charge in [0.15, 0.2) is 5.82 Å². The molecule has 0 spiro atoms. The maximum Gasteiger partial charge on any atom is 0.351 e. The summed E-state index contributed by atoms with van der Waals surface area (Å²) in [4.78, 5) is 21.8. The third-order valence-electron chi connectivity index (χ3n) is 4.83. The number of pyridine rings is 1. The van der Waals surface area contributed by atoms with Gasteiger partial charge in [-0.05, 0) is 24.5 Å². The van der Waals surface area contributed by atoms with Gasteiger partial charge in [0.25, 0.3) is 0 Å². The van der Waals surface area contributed by atoms with Crippen molar-refractivity contribution in [1.29, 1.82) is 0 Å². The molecule has 4 rings (SSSR count). The van der Waals surface area contributed by atoms with Crippen LogP contribution in [-0.4, -0.2) is 30.7 Å². The van der Waals surface area contributed by atoms with Gasteiger partial charge in [-0.15, -0.1) is 5.10 Å². The minimum Gasteiger partial charge on any atom is -0.367 e. The van der Waals surface area contributed by atoms with E-state index >= 15 is 0 Å². The molecule has 3 heterocycles. The van der Waals surface area contributed by atoms with Gasteiger partial charge in [-0.3, -0.25) is 4.98 Å². The number of nitrogens with one attached hydrogen (secondary N) is 1. The summed E-state index contributed by atoms with van der Waals surface area (Å²) in [5.41, 5.74) is 3.24. The summed E-state index contributed by atoms with van der Waals surface area (Å²) < 4.78 is 3.20. The summed E-state index contributed by atoms with van der Waals surface area (Å²) in [6.45, 7) is 3.37. The lowest BCUT2D eigenvalue weighted by Gasteiger charge is -2.09. The van der Waals surface area contributed by atoms with Crippen molar-refractivity contribution in [3.8, 4) is 11.3 Å². The number of rotatable bonds is 8. The van der Waals surface area contributed by atoms with Crippen LogP contribution in [0, 0.1) is 0 Å². The number of nitrogens with zero attached hydrogens (tertiary/aromatic N) is 5. The van der Waals surface area contributed by atoms with E-state index in [0.717, 1.165) is 36.1 Å². The van der Waals surface area contributed by atoms with E-state index in [0.29, 0.717) is 24.6 Å².